The van der Waals surface area contributed by atoms with E-state index in [0.717, 1.165) is 12.8 Å². The maximum absolute atomic E-state index is 13.0. The Morgan fingerprint density at radius 3 is 2.56 bits per heavy atom. The van der Waals surface area contributed by atoms with E-state index in [1.54, 1.807) is 0 Å². The fraction of sp³-hybridized carbons (Fsp3) is 0.895. The van der Waals surface area contributed by atoms with Gasteiger partial charge in [-0.2, -0.15) is 0 Å². The predicted octanol–water partition coefficient (Wildman–Crippen LogP) is 2.93. The van der Waals surface area contributed by atoms with Crippen molar-refractivity contribution >= 4 is 20.1 Å². The summed E-state index contributed by atoms with van der Waals surface area (Å²) in [5.74, 6) is 0.00288. The molecule has 0 bridgehead atoms. The molecule has 2 aliphatic carbocycles. The minimum Gasteiger partial charge on any atom is -0.459 e. The van der Waals surface area contributed by atoms with Gasteiger partial charge in [0.05, 0.1) is 5.41 Å². The van der Waals surface area contributed by atoms with Gasteiger partial charge in [-0.15, -0.1) is 0 Å². The molecule has 0 unspecified atom stereocenters. The van der Waals surface area contributed by atoms with Crippen molar-refractivity contribution < 1.29 is 23.5 Å². The van der Waals surface area contributed by atoms with E-state index < -0.39 is 13.7 Å². The summed E-state index contributed by atoms with van der Waals surface area (Å²) in [6.07, 6.45) is 0.840. The van der Waals surface area contributed by atoms with Gasteiger partial charge >= 0.3 is 5.97 Å². The van der Waals surface area contributed by atoms with Crippen LogP contribution in [-0.4, -0.2) is 45.0 Å². The molecule has 4 rings (SSSR count). The van der Waals surface area contributed by atoms with E-state index >= 15 is 0 Å². The van der Waals surface area contributed by atoms with E-state index in [0.29, 0.717) is 6.61 Å². The van der Waals surface area contributed by atoms with Crippen LogP contribution in [0.15, 0.2) is 0 Å². The van der Waals surface area contributed by atoms with Crippen molar-refractivity contribution in [3.63, 3.8) is 0 Å². The summed E-state index contributed by atoms with van der Waals surface area (Å²) in [5.41, 5.74) is -0.532. The number of Topliss-reactive ketones (excluding diaryl/α,β-unsaturated/α-hetero) is 1. The first-order valence-electron chi connectivity index (χ1n) is 9.52. The number of rotatable bonds is 3. The first-order valence-corrected chi connectivity index (χ1v) is 12.4. The van der Waals surface area contributed by atoms with Crippen LogP contribution in [0.5, 0.6) is 0 Å². The van der Waals surface area contributed by atoms with Gasteiger partial charge in [-0.3, -0.25) is 9.59 Å². The highest BCUT2D eigenvalue weighted by molar-refractivity contribution is 6.74. The lowest BCUT2D eigenvalue weighted by Gasteiger charge is -2.46. The van der Waals surface area contributed by atoms with Crippen LogP contribution in [0.3, 0.4) is 0 Å². The number of carbonyl (C=O) groups is 2. The molecule has 2 saturated heterocycles. The van der Waals surface area contributed by atoms with Gasteiger partial charge < -0.3 is 13.9 Å². The van der Waals surface area contributed by atoms with Gasteiger partial charge in [0.25, 0.3) is 0 Å². The van der Waals surface area contributed by atoms with Crippen LogP contribution >= 0.6 is 0 Å². The summed E-state index contributed by atoms with van der Waals surface area (Å²) in [5, 5.41) is 0.145. The number of ketones is 1. The highest BCUT2D eigenvalue weighted by atomic mass is 28.4. The van der Waals surface area contributed by atoms with Gasteiger partial charge in [0.15, 0.2) is 14.1 Å². The molecule has 6 heteroatoms. The van der Waals surface area contributed by atoms with E-state index in [9.17, 15) is 9.59 Å². The number of ether oxygens (including phenoxy) is 2. The molecule has 0 spiro atoms. The van der Waals surface area contributed by atoms with Crippen molar-refractivity contribution in [3.8, 4) is 0 Å². The number of fused-ring (bicyclic) bond motifs is 2. The summed E-state index contributed by atoms with van der Waals surface area (Å²) in [6.45, 7) is 13.8. The van der Waals surface area contributed by atoms with Gasteiger partial charge in [-0.25, -0.2) is 0 Å². The van der Waals surface area contributed by atoms with Crippen LogP contribution in [0.4, 0.5) is 0 Å². The Morgan fingerprint density at radius 2 is 1.92 bits per heavy atom. The molecule has 2 aliphatic heterocycles. The van der Waals surface area contributed by atoms with Crippen molar-refractivity contribution in [2.75, 3.05) is 6.61 Å². The fourth-order valence-corrected chi connectivity index (χ4v) is 5.91. The Morgan fingerprint density at radius 1 is 1.24 bits per heavy atom. The monoisotopic (exact) mass is 366 g/mol. The van der Waals surface area contributed by atoms with Crippen LogP contribution in [0.25, 0.3) is 0 Å². The highest BCUT2D eigenvalue weighted by Gasteiger charge is 2.73. The molecular formula is C19H30O5Si. The lowest BCUT2D eigenvalue weighted by molar-refractivity contribution is -0.149. The molecule has 0 aromatic carbocycles. The third-order valence-electron chi connectivity index (χ3n) is 7.65. The molecule has 140 valence electrons. The summed E-state index contributed by atoms with van der Waals surface area (Å²) >= 11 is 0. The number of esters is 1. The molecule has 4 fully saturated rings. The third-order valence-corrected chi connectivity index (χ3v) is 12.2. The second kappa shape index (κ2) is 5.17. The van der Waals surface area contributed by atoms with Crippen LogP contribution in [-0.2, 0) is 23.5 Å². The van der Waals surface area contributed by atoms with Crippen molar-refractivity contribution in [2.45, 2.75) is 77.0 Å². The summed E-state index contributed by atoms with van der Waals surface area (Å²) < 4.78 is 17.7. The maximum atomic E-state index is 13.0. The second-order valence-electron chi connectivity index (χ2n) is 10.1. The van der Waals surface area contributed by atoms with E-state index in [1.165, 1.54) is 0 Å². The zero-order valence-corrected chi connectivity index (χ0v) is 17.1. The number of hydrogen-bond acceptors (Lipinski definition) is 5. The highest BCUT2D eigenvalue weighted by Crippen LogP contribution is 2.60. The summed E-state index contributed by atoms with van der Waals surface area (Å²) in [7, 11) is -1.87. The molecule has 25 heavy (non-hydrogen) atoms. The standard InChI is InChI=1S/C19H30O5Si/c1-18(2,3)25(5,6)22-9-10-7-8-19(4)12-11(10)13(20)15-16(23-15)14(12)24-17(19)21/h10-12,14-16H,7-9H2,1-6H3/t10-,11+,12-,14-,15-,16+,19-/m0/s1. The van der Waals surface area contributed by atoms with Crippen LogP contribution in [0.1, 0.15) is 40.5 Å². The third kappa shape index (κ3) is 2.40. The first kappa shape index (κ1) is 17.7. The average Bonchev–Trinajstić information content (AvgIpc) is 3.25. The SMILES string of the molecule is CC(C)(C)[Si](C)(C)OC[C@@H]1CC[C@]2(C)C(=O)O[C@@H]3[C@H]4O[C@H]4C(=O)[C@H]1[C@@H]32. The van der Waals surface area contributed by atoms with E-state index in [2.05, 4.69) is 33.9 Å². The van der Waals surface area contributed by atoms with E-state index in [-0.39, 0.29) is 52.9 Å². The number of hydrogen-bond donors (Lipinski definition) is 0. The van der Waals surface area contributed by atoms with E-state index in [4.69, 9.17) is 13.9 Å². The molecule has 0 amide bonds. The molecule has 4 aliphatic rings. The average molecular weight is 367 g/mol. The van der Waals surface area contributed by atoms with Crippen molar-refractivity contribution in [1.82, 2.24) is 0 Å². The van der Waals surface area contributed by atoms with Crippen LogP contribution in [0, 0.1) is 23.2 Å². The molecule has 5 nitrogen and oxygen atoms in total. The second-order valence-corrected chi connectivity index (χ2v) is 14.9. The normalized spacial score (nSPS) is 45.7. The van der Waals surface area contributed by atoms with Gasteiger partial charge in [0.1, 0.15) is 18.3 Å². The largest absolute Gasteiger partial charge is 0.459 e. The summed E-state index contributed by atoms with van der Waals surface area (Å²) in [6, 6.07) is 0. The Kier molecular flexibility index (Phi) is 3.65. The molecule has 2 heterocycles. The molecule has 0 aromatic heterocycles. The molecule has 0 radical (unpaired) electrons. The van der Waals surface area contributed by atoms with Crippen LogP contribution in [0.2, 0.25) is 18.1 Å². The Labute approximate surface area is 150 Å². The lowest BCUT2D eigenvalue weighted by Crippen LogP contribution is -2.54. The zero-order valence-electron chi connectivity index (χ0n) is 16.1. The van der Waals surface area contributed by atoms with Gasteiger partial charge in [0, 0.05) is 18.4 Å². The van der Waals surface area contributed by atoms with Gasteiger partial charge in [-0.05, 0) is 43.8 Å². The first-order chi connectivity index (χ1) is 11.5. The lowest BCUT2D eigenvalue weighted by atomic mass is 9.55. The molecule has 7 atom stereocenters. The van der Waals surface area contributed by atoms with Crippen molar-refractivity contribution in [2.24, 2.45) is 23.2 Å². The smallest absolute Gasteiger partial charge is 0.312 e. The number of carbonyl (C=O) groups excluding carboxylic acids is 2. The predicted molar refractivity (Wildman–Crippen MR) is 94.5 cm³/mol. The molecule has 0 aromatic rings. The van der Waals surface area contributed by atoms with Crippen LogP contribution < -0.4 is 0 Å². The zero-order chi connectivity index (χ0) is 18.4. The Hall–Kier alpha value is -0.723. The van der Waals surface area contributed by atoms with Crippen molar-refractivity contribution in [3.05, 3.63) is 0 Å². The fourth-order valence-electron chi connectivity index (χ4n) is 4.85. The summed E-state index contributed by atoms with van der Waals surface area (Å²) in [4.78, 5) is 25.5. The Bertz CT molecular complexity index is 624. The van der Waals surface area contributed by atoms with Gasteiger partial charge in [0.2, 0.25) is 0 Å². The van der Waals surface area contributed by atoms with E-state index in [1.807, 2.05) is 6.92 Å². The Balaban J connectivity index is 1.58. The molecule has 0 N–H and O–H groups in total. The number of epoxide rings is 1. The van der Waals surface area contributed by atoms with Crippen molar-refractivity contribution in [1.29, 1.82) is 0 Å². The maximum Gasteiger partial charge on any atom is 0.312 e. The minimum atomic E-state index is -1.87. The quantitative estimate of drug-likeness (QED) is 0.436. The minimum absolute atomic E-state index is 0.0435. The topological polar surface area (TPSA) is 65.1 Å². The molecule has 2 saturated carbocycles. The molecular weight excluding hydrogens is 336 g/mol. The van der Waals surface area contributed by atoms with Gasteiger partial charge in [-0.1, -0.05) is 20.8 Å².